The molecule has 0 bridgehead atoms. The van der Waals surface area contributed by atoms with Crippen LogP contribution < -0.4 is 5.32 Å². The van der Waals surface area contributed by atoms with Crippen molar-refractivity contribution in [1.82, 2.24) is 15.4 Å². The van der Waals surface area contributed by atoms with E-state index in [9.17, 15) is 0 Å². The van der Waals surface area contributed by atoms with Crippen molar-refractivity contribution in [2.45, 2.75) is 58.3 Å². The highest BCUT2D eigenvalue weighted by Gasteiger charge is 2.18. The van der Waals surface area contributed by atoms with Gasteiger partial charge in [-0.15, -0.1) is 0 Å². The molecule has 1 aromatic rings. The van der Waals surface area contributed by atoms with Gasteiger partial charge in [0.25, 0.3) is 0 Å². The van der Waals surface area contributed by atoms with Gasteiger partial charge in [0, 0.05) is 31.3 Å². The lowest BCUT2D eigenvalue weighted by atomic mass is 10.1. The first-order chi connectivity index (χ1) is 9.42. The Bertz CT molecular complexity index is 405. The highest BCUT2D eigenvalue weighted by atomic mass is 16.5. The van der Waals surface area contributed by atoms with Crippen LogP contribution >= 0.6 is 0 Å². The zero-order valence-electron chi connectivity index (χ0n) is 13.1. The van der Waals surface area contributed by atoms with Gasteiger partial charge in [0.05, 0.1) is 18.3 Å². The van der Waals surface area contributed by atoms with Crippen LogP contribution in [0.2, 0.25) is 0 Å². The van der Waals surface area contributed by atoms with E-state index in [4.69, 9.17) is 9.26 Å². The summed E-state index contributed by atoms with van der Waals surface area (Å²) in [6.45, 7) is 9.81. The summed E-state index contributed by atoms with van der Waals surface area (Å²) >= 11 is 0. The Balaban J connectivity index is 1.76. The van der Waals surface area contributed by atoms with Crippen LogP contribution in [0.25, 0.3) is 0 Å². The molecule has 5 nitrogen and oxygen atoms in total. The van der Waals surface area contributed by atoms with E-state index in [1.807, 2.05) is 6.07 Å². The molecular formula is C15H27N3O2. The zero-order valence-corrected chi connectivity index (χ0v) is 13.1. The molecule has 0 saturated carbocycles. The minimum atomic E-state index is 0.0930. The van der Waals surface area contributed by atoms with Crippen molar-refractivity contribution >= 4 is 0 Å². The van der Waals surface area contributed by atoms with Crippen LogP contribution in [0, 0.1) is 0 Å². The molecule has 0 aromatic carbocycles. The van der Waals surface area contributed by atoms with Gasteiger partial charge in [-0.1, -0.05) is 5.16 Å². The summed E-state index contributed by atoms with van der Waals surface area (Å²) in [5.74, 6) is 0.913. The van der Waals surface area contributed by atoms with Gasteiger partial charge in [-0.2, -0.15) is 0 Å². The molecule has 0 spiro atoms. The van der Waals surface area contributed by atoms with Crippen molar-refractivity contribution in [1.29, 1.82) is 0 Å². The maximum atomic E-state index is 5.64. The fourth-order valence-corrected chi connectivity index (χ4v) is 2.34. The average Bonchev–Trinajstić information content (AvgIpc) is 2.97. The van der Waals surface area contributed by atoms with E-state index in [0.29, 0.717) is 6.10 Å². The summed E-state index contributed by atoms with van der Waals surface area (Å²) in [4.78, 5) is 2.23. The maximum absolute atomic E-state index is 5.64. The van der Waals surface area contributed by atoms with Gasteiger partial charge < -0.3 is 14.6 Å². The Kier molecular flexibility index (Phi) is 5.18. The second-order valence-electron chi connectivity index (χ2n) is 6.72. The van der Waals surface area contributed by atoms with E-state index in [0.717, 1.165) is 37.7 Å². The highest BCUT2D eigenvalue weighted by Crippen LogP contribution is 2.14. The number of nitrogens with one attached hydrogen (secondary N) is 1. The second kappa shape index (κ2) is 6.70. The van der Waals surface area contributed by atoms with E-state index in [2.05, 4.69) is 43.2 Å². The molecule has 1 saturated heterocycles. The fraction of sp³-hybridized carbons (Fsp3) is 0.800. The van der Waals surface area contributed by atoms with Crippen LogP contribution in [0.1, 0.15) is 45.1 Å². The van der Waals surface area contributed by atoms with E-state index in [1.54, 1.807) is 0 Å². The van der Waals surface area contributed by atoms with E-state index >= 15 is 0 Å². The highest BCUT2D eigenvalue weighted by molar-refractivity contribution is 5.05. The third-order valence-corrected chi connectivity index (χ3v) is 3.37. The van der Waals surface area contributed by atoms with Gasteiger partial charge in [0.1, 0.15) is 0 Å². The molecule has 0 radical (unpaired) electrons. The first kappa shape index (κ1) is 15.5. The van der Waals surface area contributed by atoms with E-state index < -0.39 is 0 Å². The smallest absolute Gasteiger partial charge is 0.151 e. The number of rotatable bonds is 6. The number of ether oxygens (including phenoxy) is 1. The topological polar surface area (TPSA) is 50.5 Å². The van der Waals surface area contributed by atoms with Gasteiger partial charge >= 0.3 is 0 Å². The summed E-state index contributed by atoms with van der Waals surface area (Å²) in [6, 6.07) is 2.03. The van der Waals surface area contributed by atoms with Crippen molar-refractivity contribution in [3.05, 3.63) is 17.5 Å². The largest absolute Gasteiger partial charge is 0.377 e. The molecule has 5 heteroatoms. The number of aromatic nitrogens is 1. The lowest BCUT2D eigenvalue weighted by molar-refractivity contribution is 0.0768. The third kappa shape index (κ3) is 5.23. The minimum Gasteiger partial charge on any atom is -0.377 e. The van der Waals surface area contributed by atoms with Crippen molar-refractivity contribution in [2.24, 2.45) is 0 Å². The molecule has 0 amide bonds. The maximum Gasteiger partial charge on any atom is 0.151 e. The van der Waals surface area contributed by atoms with Crippen LogP contribution in [-0.2, 0) is 17.8 Å². The normalized spacial score (nSPS) is 19.9. The first-order valence-electron chi connectivity index (χ1n) is 7.42. The predicted molar refractivity (Wildman–Crippen MR) is 78.4 cm³/mol. The van der Waals surface area contributed by atoms with Gasteiger partial charge in [0.2, 0.25) is 0 Å². The summed E-state index contributed by atoms with van der Waals surface area (Å²) in [7, 11) is 2.09. The van der Waals surface area contributed by atoms with Crippen molar-refractivity contribution in [2.75, 3.05) is 20.2 Å². The Morgan fingerprint density at radius 1 is 1.45 bits per heavy atom. The second-order valence-corrected chi connectivity index (χ2v) is 6.72. The molecule has 1 N–H and O–H groups in total. The van der Waals surface area contributed by atoms with E-state index in [1.165, 1.54) is 12.8 Å². The number of hydrogen-bond donors (Lipinski definition) is 1. The molecule has 1 aromatic heterocycles. The standard InChI is InChI=1S/C15H27N3O2/c1-15(2,3)16-9-12-8-14(20-17-12)11-18(4)10-13-6-5-7-19-13/h8,13,16H,5-7,9-11H2,1-4H3. The Morgan fingerprint density at radius 2 is 2.25 bits per heavy atom. The van der Waals surface area contributed by atoms with Crippen LogP contribution in [-0.4, -0.2) is 41.9 Å². The summed E-state index contributed by atoms with van der Waals surface area (Å²) < 4.78 is 11.0. The van der Waals surface area contributed by atoms with Gasteiger partial charge in [0.15, 0.2) is 5.76 Å². The van der Waals surface area contributed by atoms with Crippen molar-refractivity contribution in [3.8, 4) is 0 Å². The quantitative estimate of drug-likeness (QED) is 0.866. The monoisotopic (exact) mass is 281 g/mol. The first-order valence-corrected chi connectivity index (χ1v) is 7.42. The Hall–Kier alpha value is -0.910. The lowest BCUT2D eigenvalue weighted by Crippen LogP contribution is -2.35. The summed E-state index contributed by atoms with van der Waals surface area (Å²) in [5, 5.41) is 7.52. The zero-order chi connectivity index (χ0) is 14.6. The van der Waals surface area contributed by atoms with Crippen LogP contribution in [0.15, 0.2) is 10.6 Å². The van der Waals surface area contributed by atoms with Crippen LogP contribution in [0.4, 0.5) is 0 Å². The molecular weight excluding hydrogens is 254 g/mol. The molecule has 2 heterocycles. The molecule has 1 aliphatic rings. The van der Waals surface area contributed by atoms with Crippen molar-refractivity contribution in [3.63, 3.8) is 0 Å². The number of nitrogens with zero attached hydrogens (tertiary/aromatic N) is 2. The summed E-state index contributed by atoms with van der Waals surface area (Å²) in [6.07, 6.45) is 2.73. The molecule has 114 valence electrons. The van der Waals surface area contributed by atoms with Gasteiger partial charge in [-0.05, 0) is 40.7 Å². The average molecular weight is 281 g/mol. The van der Waals surface area contributed by atoms with E-state index in [-0.39, 0.29) is 5.54 Å². The Labute approximate surface area is 121 Å². The minimum absolute atomic E-state index is 0.0930. The molecule has 20 heavy (non-hydrogen) atoms. The van der Waals surface area contributed by atoms with Gasteiger partial charge in [-0.3, -0.25) is 4.90 Å². The van der Waals surface area contributed by atoms with Crippen LogP contribution in [0.3, 0.4) is 0 Å². The van der Waals surface area contributed by atoms with Crippen LogP contribution in [0.5, 0.6) is 0 Å². The Morgan fingerprint density at radius 3 is 2.90 bits per heavy atom. The fourth-order valence-electron chi connectivity index (χ4n) is 2.34. The summed E-state index contributed by atoms with van der Waals surface area (Å²) in [5.41, 5.74) is 1.05. The van der Waals surface area contributed by atoms with Crippen molar-refractivity contribution < 1.29 is 9.26 Å². The predicted octanol–water partition coefficient (Wildman–Crippen LogP) is 2.17. The van der Waals surface area contributed by atoms with Gasteiger partial charge in [-0.25, -0.2) is 0 Å². The molecule has 1 fully saturated rings. The molecule has 1 aliphatic heterocycles. The number of hydrogen-bond acceptors (Lipinski definition) is 5. The molecule has 0 aliphatic carbocycles. The molecule has 1 atom stereocenters. The SMILES string of the molecule is CN(Cc1cc(CNC(C)(C)C)no1)CC1CCCO1. The third-order valence-electron chi connectivity index (χ3n) is 3.37. The number of likely N-dealkylation sites (N-methyl/N-ethyl adjacent to an activating group) is 1. The molecule has 1 unspecified atom stereocenters. The molecule has 2 rings (SSSR count). The lowest BCUT2D eigenvalue weighted by Gasteiger charge is -2.19.